The van der Waals surface area contributed by atoms with Crippen molar-refractivity contribution in [1.82, 2.24) is 0 Å². The Morgan fingerprint density at radius 1 is 1.62 bits per heavy atom. The first-order valence-corrected chi connectivity index (χ1v) is 5.42. The average Bonchev–Trinajstić information content (AvgIpc) is 1.85. The molecule has 1 rings (SSSR count). The number of hydrogen-bond donors (Lipinski definition) is 2. The summed E-state index contributed by atoms with van der Waals surface area (Å²) >= 11 is 8.06. The Labute approximate surface area is 65.0 Å². The second-order valence-electron chi connectivity index (χ2n) is 1.28. The van der Waals surface area contributed by atoms with Gasteiger partial charge in [-0.1, -0.05) is 0 Å². The first-order chi connectivity index (χ1) is 3.70. The molecule has 0 fully saturated rings. The zero-order valence-corrected chi connectivity index (χ0v) is 7.25. The Morgan fingerprint density at radius 2 is 2.25 bits per heavy atom. The molecule has 0 N–H and O–H groups in total. The summed E-state index contributed by atoms with van der Waals surface area (Å²) in [5, 5.41) is 0. The van der Waals surface area contributed by atoms with Crippen molar-refractivity contribution in [2.24, 2.45) is 0 Å². The van der Waals surface area contributed by atoms with E-state index in [2.05, 4.69) is 25.3 Å². The summed E-state index contributed by atoms with van der Waals surface area (Å²) in [4.78, 5) is 0.844. The van der Waals surface area contributed by atoms with E-state index in [0.717, 1.165) is 9.14 Å². The molecule has 1 heterocycles. The SMILES string of the molecule is O=S1CC(S)=C(S)S1. The van der Waals surface area contributed by atoms with Gasteiger partial charge < -0.3 is 0 Å². The van der Waals surface area contributed by atoms with E-state index >= 15 is 0 Å². The minimum absolute atomic E-state index is 0.562. The highest BCUT2D eigenvalue weighted by molar-refractivity contribution is 8.73. The second kappa shape index (κ2) is 2.68. The standard InChI is InChI=1S/C3H4OS4/c4-8-1-2(5)3(6)7-8/h5-6H,1H2. The molecule has 0 spiro atoms. The Morgan fingerprint density at radius 3 is 2.38 bits per heavy atom. The monoisotopic (exact) mass is 184 g/mol. The third-order valence-corrected chi connectivity index (χ3v) is 5.04. The summed E-state index contributed by atoms with van der Waals surface area (Å²) in [6, 6.07) is 0. The lowest BCUT2D eigenvalue weighted by Crippen LogP contribution is -1.80. The topological polar surface area (TPSA) is 17.1 Å². The van der Waals surface area contributed by atoms with Crippen LogP contribution >= 0.6 is 36.1 Å². The molecule has 1 unspecified atom stereocenters. The van der Waals surface area contributed by atoms with Crippen molar-refractivity contribution in [2.75, 3.05) is 5.75 Å². The van der Waals surface area contributed by atoms with Crippen LogP contribution in [0.2, 0.25) is 0 Å². The van der Waals surface area contributed by atoms with Crippen molar-refractivity contribution in [1.29, 1.82) is 0 Å². The molecule has 8 heavy (non-hydrogen) atoms. The molecule has 46 valence electrons. The van der Waals surface area contributed by atoms with Crippen LogP contribution < -0.4 is 0 Å². The summed E-state index contributed by atoms with van der Waals surface area (Å²) in [5.74, 6) is 0.562. The molecule has 0 aromatic rings. The maximum atomic E-state index is 10.6. The quantitative estimate of drug-likeness (QED) is 0.438. The zero-order chi connectivity index (χ0) is 6.15. The molecule has 0 aromatic heterocycles. The minimum atomic E-state index is -0.793. The number of rotatable bonds is 0. The van der Waals surface area contributed by atoms with Gasteiger partial charge in [0.05, 0.1) is 19.8 Å². The van der Waals surface area contributed by atoms with Gasteiger partial charge in [-0.2, -0.15) is 0 Å². The fraction of sp³-hybridized carbons (Fsp3) is 0.333. The van der Waals surface area contributed by atoms with E-state index in [1.165, 1.54) is 10.8 Å². The summed E-state index contributed by atoms with van der Waals surface area (Å²) in [7, 11) is 0.475. The fourth-order valence-corrected chi connectivity index (χ4v) is 4.43. The molecular weight excluding hydrogens is 180 g/mol. The third-order valence-electron chi connectivity index (χ3n) is 0.673. The lowest BCUT2D eigenvalue weighted by atomic mass is 10.7. The van der Waals surface area contributed by atoms with Gasteiger partial charge >= 0.3 is 0 Å². The first-order valence-electron chi connectivity index (χ1n) is 1.88. The molecule has 0 saturated heterocycles. The fourth-order valence-electron chi connectivity index (χ4n) is 0.339. The summed E-state index contributed by atoms with van der Waals surface area (Å²) < 4.78 is 11.4. The van der Waals surface area contributed by atoms with Crippen molar-refractivity contribution < 1.29 is 4.21 Å². The van der Waals surface area contributed by atoms with Gasteiger partial charge in [0.2, 0.25) is 0 Å². The van der Waals surface area contributed by atoms with Crippen LogP contribution in [0, 0.1) is 0 Å². The highest BCUT2D eigenvalue weighted by Crippen LogP contribution is 2.36. The molecule has 0 aliphatic carbocycles. The molecule has 1 atom stereocenters. The highest BCUT2D eigenvalue weighted by Gasteiger charge is 2.15. The third kappa shape index (κ3) is 1.46. The molecular formula is C3H4OS4. The van der Waals surface area contributed by atoms with E-state index in [1.807, 2.05) is 0 Å². The van der Waals surface area contributed by atoms with Crippen LogP contribution in [0.5, 0.6) is 0 Å². The maximum absolute atomic E-state index is 10.6. The van der Waals surface area contributed by atoms with E-state index in [-0.39, 0.29) is 0 Å². The second-order valence-corrected chi connectivity index (χ2v) is 5.66. The Hall–Kier alpha value is 0.940. The van der Waals surface area contributed by atoms with Crippen LogP contribution in [-0.2, 0) is 9.83 Å². The first kappa shape index (κ1) is 7.05. The Kier molecular flexibility index (Phi) is 2.36. The molecule has 1 aliphatic heterocycles. The normalized spacial score (nSPS) is 29.5. The average molecular weight is 184 g/mol. The molecule has 0 aromatic carbocycles. The van der Waals surface area contributed by atoms with Crippen LogP contribution in [-0.4, -0.2) is 9.96 Å². The van der Waals surface area contributed by atoms with Gasteiger partial charge in [0, 0.05) is 4.91 Å². The van der Waals surface area contributed by atoms with Gasteiger partial charge in [-0.05, 0) is 10.8 Å². The van der Waals surface area contributed by atoms with Crippen molar-refractivity contribution in [2.45, 2.75) is 0 Å². The van der Waals surface area contributed by atoms with Crippen LogP contribution in [0.4, 0.5) is 0 Å². The van der Waals surface area contributed by atoms with Gasteiger partial charge in [0.1, 0.15) is 0 Å². The smallest absolute Gasteiger partial charge is 0.0908 e. The van der Waals surface area contributed by atoms with Crippen molar-refractivity contribution in [3.8, 4) is 0 Å². The van der Waals surface area contributed by atoms with E-state index in [0.29, 0.717) is 5.75 Å². The molecule has 1 aliphatic rings. The van der Waals surface area contributed by atoms with E-state index in [9.17, 15) is 4.21 Å². The summed E-state index contributed by atoms with van der Waals surface area (Å²) in [6.07, 6.45) is 0. The summed E-state index contributed by atoms with van der Waals surface area (Å²) in [5.41, 5.74) is 0. The molecule has 0 amide bonds. The minimum Gasteiger partial charge on any atom is -0.247 e. The van der Waals surface area contributed by atoms with Crippen molar-refractivity contribution in [3.05, 3.63) is 9.14 Å². The van der Waals surface area contributed by atoms with Crippen LogP contribution in [0.1, 0.15) is 0 Å². The van der Waals surface area contributed by atoms with E-state index < -0.39 is 9.83 Å². The van der Waals surface area contributed by atoms with Crippen molar-refractivity contribution in [3.63, 3.8) is 0 Å². The van der Waals surface area contributed by atoms with Crippen LogP contribution in [0.15, 0.2) is 9.14 Å². The van der Waals surface area contributed by atoms with Gasteiger partial charge in [-0.15, -0.1) is 25.3 Å². The van der Waals surface area contributed by atoms with Gasteiger partial charge in [0.25, 0.3) is 0 Å². The highest BCUT2D eigenvalue weighted by atomic mass is 33.1. The van der Waals surface area contributed by atoms with E-state index in [1.54, 1.807) is 0 Å². The molecule has 0 saturated carbocycles. The van der Waals surface area contributed by atoms with Crippen LogP contribution in [0.3, 0.4) is 0 Å². The maximum Gasteiger partial charge on any atom is 0.0908 e. The largest absolute Gasteiger partial charge is 0.247 e. The van der Waals surface area contributed by atoms with Gasteiger partial charge in [0.15, 0.2) is 0 Å². The van der Waals surface area contributed by atoms with Crippen LogP contribution in [0.25, 0.3) is 0 Å². The zero-order valence-electron chi connectivity index (χ0n) is 3.83. The Bertz CT molecular complexity index is 145. The molecule has 5 heteroatoms. The Balaban J connectivity index is 2.73. The molecule has 0 radical (unpaired) electrons. The number of hydrogen-bond acceptors (Lipinski definition) is 4. The lowest BCUT2D eigenvalue weighted by Gasteiger charge is -1.81. The predicted octanol–water partition coefficient (Wildman–Crippen LogP) is 1.43. The van der Waals surface area contributed by atoms with Gasteiger partial charge in [-0.25, -0.2) is 4.21 Å². The van der Waals surface area contributed by atoms with E-state index in [4.69, 9.17) is 0 Å². The molecule has 0 bridgehead atoms. The van der Waals surface area contributed by atoms with Gasteiger partial charge in [-0.3, -0.25) is 0 Å². The molecule has 1 nitrogen and oxygen atoms in total. The predicted molar refractivity (Wildman–Crippen MR) is 45.6 cm³/mol. The summed E-state index contributed by atoms with van der Waals surface area (Å²) in [6.45, 7) is 0. The number of thiol groups is 2. The lowest BCUT2D eigenvalue weighted by molar-refractivity contribution is 0.693. The van der Waals surface area contributed by atoms with Crippen molar-refractivity contribution >= 4 is 45.9 Å².